The molecule has 0 spiro atoms. The van der Waals surface area contributed by atoms with Crippen molar-refractivity contribution in [1.82, 2.24) is 30.2 Å². The zero-order valence-corrected chi connectivity index (χ0v) is 15.5. The summed E-state index contributed by atoms with van der Waals surface area (Å²) in [5, 5.41) is 14.7. The Morgan fingerprint density at radius 2 is 2.16 bits per heavy atom. The number of amides is 2. The quantitative estimate of drug-likeness (QED) is 0.898. The molecule has 1 aliphatic heterocycles. The maximum atomic E-state index is 13.0. The van der Waals surface area contributed by atoms with Gasteiger partial charge in [0.15, 0.2) is 0 Å². The van der Waals surface area contributed by atoms with Gasteiger partial charge in [0, 0.05) is 36.6 Å². The predicted molar refractivity (Wildman–Crippen MR) is 96.1 cm³/mol. The van der Waals surface area contributed by atoms with Crippen LogP contribution in [-0.4, -0.2) is 37.5 Å². The largest absolute Gasteiger partial charge is 0.331 e. The minimum absolute atomic E-state index is 0.0109. The van der Waals surface area contributed by atoms with Crippen LogP contribution in [0.25, 0.3) is 0 Å². The Bertz CT molecular complexity index is 714. The van der Waals surface area contributed by atoms with E-state index in [1.807, 2.05) is 38.9 Å². The average Bonchev–Trinajstić information content (AvgIpc) is 3.05. The van der Waals surface area contributed by atoms with Crippen molar-refractivity contribution in [3.63, 3.8) is 0 Å². The zero-order chi connectivity index (χ0) is 18.0. The lowest BCUT2D eigenvalue weighted by Crippen LogP contribution is -2.43. The Morgan fingerprint density at radius 3 is 2.80 bits per heavy atom. The van der Waals surface area contributed by atoms with E-state index in [0.29, 0.717) is 0 Å². The van der Waals surface area contributed by atoms with Gasteiger partial charge < -0.3 is 10.2 Å². The summed E-state index contributed by atoms with van der Waals surface area (Å²) in [4.78, 5) is 15.0. The van der Waals surface area contributed by atoms with Crippen LogP contribution >= 0.6 is 0 Å². The van der Waals surface area contributed by atoms with E-state index < -0.39 is 0 Å². The van der Waals surface area contributed by atoms with Crippen molar-refractivity contribution >= 4 is 6.03 Å². The van der Waals surface area contributed by atoms with Crippen LogP contribution in [0.1, 0.15) is 67.2 Å². The summed E-state index contributed by atoms with van der Waals surface area (Å²) in [6.07, 6.45) is 8.06. The Balaban J connectivity index is 1.80. The van der Waals surface area contributed by atoms with Gasteiger partial charge in [-0.3, -0.25) is 9.78 Å². The van der Waals surface area contributed by atoms with Crippen LogP contribution in [0.5, 0.6) is 0 Å². The molecule has 2 aromatic rings. The first kappa shape index (κ1) is 17.5. The number of carbonyl (C=O) groups excluding carboxylic acids is 1. The Morgan fingerprint density at radius 1 is 1.36 bits per heavy atom. The molecule has 3 rings (SSSR count). The number of aryl methyl sites for hydroxylation is 3. The van der Waals surface area contributed by atoms with Crippen LogP contribution in [0.2, 0.25) is 0 Å². The van der Waals surface area contributed by atoms with Gasteiger partial charge in [-0.05, 0) is 33.6 Å². The van der Waals surface area contributed by atoms with Crippen molar-refractivity contribution in [2.75, 3.05) is 6.54 Å². The van der Waals surface area contributed by atoms with Crippen molar-refractivity contribution in [2.24, 2.45) is 7.05 Å². The van der Waals surface area contributed by atoms with Gasteiger partial charge in [-0.1, -0.05) is 12.8 Å². The van der Waals surface area contributed by atoms with E-state index in [4.69, 9.17) is 0 Å². The number of urea groups is 1. The number of nitrogens with one attached hydrogen (secondary N) is 2. The van der Waals surface area contributed by atoms with Crippen molar-refractivity contribution in [2.45, 2.75) is 58.5 Å². The molecule has 136 valence electrons. The maximum Gasteiger partial charge on any atom is 0.318 e. The van der Waals surface area contributed by atoms with Crippen molar-refractivity contribution in [3.05, 3.63) is 34.9 Å². The molecule has 0 aliphatic carbocycles. The zero-order valence-electron chi connectivity index (χ0n) is 15.5. The first-order chi connectivity index (χ1) is 12.0. The molecule has 2 amide bonds. The highest BCUT2D eigenvalue weighted by Gasteiger charge is 2.30. The van der Waals surface area contributed by atoms with Crippen LogP contribution < -0.4 is 5.32 Å². The molecule has 2 N–H and O–H groups in total. The maximum absolute atomic E-state index is 13.0. The van der Waals surface area contributed by atoms with Crippen LogP contribution in [0, 0.1) is 13.8 Å². The normalized spacial score (nSPS) is 19.5. The first-order valence-electron chi connectivity index (χ1n) is 9.04. The summed E-state index contributed by atoms with van der Waals surface area (Å²) < 4.78 is 1.75. The fourth-order valence-electron chi connectivity index (χ4n) is 3.72. The smallest absolute Gasteiger partial charge is 0.318 e. The van der Waals surface area contributed by atoms with Gasteiger partial charge in [0.2, 0.25) is 0 Å². The standard InChI is InChI=1S/C18H28N6O/c1-12(15-10-19-23(4)11-15)20-18(25)24-9-7-5-6-8-16(24)17-13(2)21-22-14(17)3/h10-12,16H,5-9H2,1-4H3,(H,20,25)(H,21,22). The highest BCUT2D eigenvalue weighted by atomic mass is 16.2. The van der Waals surface area contributed by atoms with E-state index in [1.54, 1.807) is 10.9 Å². The molecule has 0 saturated carbocycles. The second-order valence-electron chi connectivity index (χ2n) is 7.02. The summed E-state index contributed by atoms with van der Waals surface area (Å²) in [6, 6.07) is 0.00208. The molecule has 2 aromatic heterocycles. The number of hydrogen-bond donors (Lipinski definition) is 2. The second-order valence-corrected chi connectivity index (χ2v) is 7.02. The van der Waals surface area contributed by atoms with E-state index >= 15 is 0 Å². The molecular weight excluding hydrogens is 316 g/mol. The molecule has 0 radical (unpaired) electrons. The number of rotatable bonds is 3. The summed E-state index contributed by atoms with van der Waals surface area (Å²) in [5.74, 6) is 0. The number of aromatic amines is 1. The summed E-state index contributed by atoms with van der Waals surface area (Å²) in [5.41, 5.74) is 4.23. The highest BCUT2D eigenvalue weighted by Crippen LogP contribution is 2.33. The first-order valence-corrected chi connectivity index (χ1v) is 9.04. The minimum Gasteiger partial charge on any atom is -0.331 e. The number of carbonyl (C=O) groups is 1. The Hall–Kier alpha value is -2.31. The average molecular weight is 344 g/mol. The number of nitrogens with zero attached hydrogens (tertiary/aromatic N) is 4. The van der Waals surface area contributed by atoms with Crippen molar-refractivity contribution < 1.29 is 4.79 Å². The van der Waals surface area contributed by atoms with Gasteiger partial charge in [-0.2, -0.15) is 10.2 Å². The molecule has 2 unspecified atom stereocenters. The summed E-state index contributed by atoms with van der Waals surface area (Å²) >= 11 is 0. The van der Waals surface area contributed by atoms with Gasteiger partial charge >= 0.3 is 6.03 Å². The molecule has 7 heteroatoms. The van der Waals surface area contributed by atoms with E-state index in [1.165, 1.54) is 5.56 Å². The van der Waals surface area contributed by atoms with Gasteiger partial charge in [-0.15, -0.1) is 0 Å². The van der Waals surface area contributed by atoms with Crippen LogP contribution in [0.3, 0.4) is 0 Å². The third-order valence-corrected chi connectivity index (χ3v) is 5.10. The third kappa shape index (κ3) is 3.70. The second kappa shape index (κ2) is 7.29. The van der Waals surface area contributed by atoms with E-state index in [9.17, 15) is 4.79 Å². The molecule has 7 nitrogen and oxygen atoms in total. The Kier molecular flexibility index (Phi) is 5.11. The van der Waals surface area contributed by atoms with Gasteiger partial charge in [0.1, 0.15) is 0 Å². The van der Waals surface area contributed by atoms with E-state index in [0.717, 1.165) is 49.2 Å². The molecule has 1 fully saturated rings. The fraction of sp³-hybridized carbons (Fsp3) is 0.611. The molecule has 2 atom stereocenters. The lowest BCUT2D eigenvalue weighted by Gasteiger charge is -2.31. The SMILES string of the molecule is Cc1n[nH]c(C)c1C1CCCCCN1C(=O)NC(C)c1cnn(C)c1. The third-order valence-electron chi connectivity index (χ3n) is 5.10. The molecular formula is C18H28N6O. The molecule has 3 heterocycles. The van der Waals surface area contributed by atoms with E-state index in [-0.39, 0.29) is 18.1 Å². The van der Waals surface area contributed by atoms with Crippen LogP contribution in [0.4, 0.5) is 4.79 Å². The van der Waals surface area contributed by atoms with Gasteiger partial charge in [0.05, 0.1) is 24.0 Å². The molecule has 25 heavy (non-hydrogen) atoms. The molecule has 1 aliphatic rings. The minimum atomic E-state index is -0.0725. The van der Waals surface area contributed by atoms with Crippen LogP contribution in [0.15, 0.2) is 12.4 Å². The highest BCUT2D eigenvalue weighted by molar-refractivity contribution is 5.75. The Labute approximate surface area is 148 Å². The van der Waals surface area contributed by atoms with Gasteiger partial charge in [0.25, 0.3) is 0 Å². The number of H-pyrrole nitrogens is 1. The predicted octanol–water partition coefficient (Wildman–Crippen LogP) is 3.15. The fourth-order valence-corrected chi connectivity index (χ4v) is 3.72. The number of aromatic nitrogens is 4. The molecule has 1 saturated heterocycles. The molecule has 0 bridgehead atoms. The lowest BCUT2D eigenvalue weighted by molar-refractivity contribution is 0.172. The van der Waals surface area contributed by atoms with Crippen molar-refractivity contribution in [1.29, 1.82) is 0 Å². The number of hydrogen-bond acceptors (Lipinski definition) is 3. The lowest BCUT2D eigenvalue weighted by atomic mass is 9.99. The monoisotopic (exact) mass is 344 g/mol. The molecule has 0 aromatic carbocycles. The van der Waals surface area contributed by atoms with Crippen molar-refractivity contribution in [3.8, 4) is 0 Å². The van der Waals surface area contributed by atoms with Gasteiger partial charge in [-0.25, -0.2) is 4.79 Å². The summed E-state index contributed by atoms with van der Waals surface area (Å²) in [6.45, 7) is 6.82. The topological polar surface area (TPSA) is 78.8 Å². The van der Waals surface area contributed by atoms with E-state index in [2.05, 4.69) is 20.6 Å². The van der Waals surface area contributed by atoms with Crippen LogP contribution in [-0.2, 0) is 7.05 Å². The number of likely N-dealkylation sites (tertiary alicyclic amines) is 1. The summed E-state index contributed by atoms with van der Waals surface area (Å²) in [7, 11) is 1.88.